The van der Waals surface area contributed by atoms with Crippen molar-refractivity contribution in [1.29, 1.82) is 0 Å². The third-order valence-corrected chi connectivity index (χ3v) is 4.67. The zero-order valence-corrected chi connectivity index (χ0v) is 13.0. The number of carbonyl (C=O) groups is 1. The van der Waals surface area contributed by atoms with Gasteiger partial charge in [0.15, 0.2) is 0 Å². The molecule has 0 saturated carbocycles. The van der Waals surface area contributed by atoms with Crippen LogP contribution in [0.3, 0.4) is 0 Å². The number of hydrogen-bond acceptors (Lipinski definition) is 5. The number of hydrogen-bond donors (Lipinski definition) is 1. The van der Waals surface area contributed by atoms with Crippen LogP contribution in [0.1, 0.15) is 35.8 Å². The normalized spacial score (nSPS) is 16.3. The van der Waals surface area contributed by atoms with E-state index >= 15 is 0 Å². The summed E-state index contributed by atoms with van der Waals surface area (Å²) in [4.78, 5) is 11.8. The molecule has 0 unspecified atom stereocenters. The molecule has 0 radical (unpaired) electrons. The molecule has 6 heteroatoms. The van der Waals surface area contributed by atoms with E-state index in [-0.39, 0.29) is 5.97 Å². The molecule has 0 atom stereocenters. The number of aryl methyl sites for hydroxylation is 1. The van der Waals surface area contributed by atoms with Crippen molar-refractivity contribution in [3.63, 3.8) is 0 Å². The van der Waals surface area contributed by atoms with Crippen LogP contribution in [0.15, 0.2) is 6.20 Å². The Hall–Kier alpha value is -1.01. The van der Waals surface area contributed by atoms with E-state index in [2.05, 4.69) is 10.4 Å². The lowest BCUT2D eigenvalue weighted by molar-refractivity contribution is 0.0524. The van der Waals surface area contributed by atoms with Crippen LogP contribution in [0.25, 0.3) is 0 Å². The van der Waals surface area contributed by atoms with Gasteiger partial charge in [-0.2, -0.15) is 16.9 Å². The first-order valence-electron chi connectivity index (χ1n) is 7.18. The van der Waals surface area contributed by atoms with Crippen molar-refractivity contribution < 1.29 is 9.53 Å². The molecule has 1 aromatic rings. The minimum Gasteiger partial charge on any atom is -0.462 e. The highest BCUT2D eigenvalue weighted by Gasteiger charge is 2.18. The second-order valence-corrected chi connectivity index (χ2v) is 6.26. The number of nitrogens with one attached hydrogen (secondary N) is 1. The molecule has 5 nitrogen and oxygen atoms in total. The maximum atomic E-state index is 11.8. The van der Waals surface area contributed by atoms with Crippen LogP contribution in [0.2, 0.25) is 0 Å². The Morgan fingerprint density at radius 2 is 2.30 bits per heavy atom. The molecule has 1 N–H and O–H groups in total. The van der Waals surface area contributed by atoms with Gasteiger partial charge in [0.2, 0.25) is 0 Å². The fourth-order valence-corrected chi connectivity index (χ4v) is 3.60. The summed E-state index contributed by atoms with van der Waals surface area (Å²) in [6, 6.07) is 0. The molecule has 0 spiro atoms. The van der Waals surface area contributed by atoms with Crippen LogP contribution in [0.4, 0.5) is 0 Å². The van der Waals surface area contributed by atoms with E-state index in [1.54, 1.807) is 10.9 Å². The molecule has 0 amide bonds. The molecule has 1 aliphatic rings. The lowest BCUT2D eigenvalue weighted by Crippen LogP contribution is -2.27. The summed E-state index contributed by atoms with van der Waals surface area (Å²) in [6.45, 7) is 3.87. The standard InChI is InChI=1S/C14H23N3O2S/c1-3-19-14(18)12-9-16-17(2)13(12)10-15-8-11-4-6-20-7-5-11/h9,11,15H,3-8,10H2,1-2H3. The Labute approximate surface area is 124 Å². The minimum absolute atomic E-state index is 0.286. The number of thioether (sulfide) groups is 1. The second-order valence-electron chi connectivity index (χ2n) is 5.04. The number of nitrogens with zero attached hydrogens (tertiary/aromatic N) is 2. The molecule has 2 rings (SSSR count). The van der Waals surface area contributed by atoms with Crippen molar-refractivity contribution >= 4 is 17.7 Å². The van der Waals surface area contributed by atoms with Gasteiger partial charge in [-0.05, 0) is 43.7 Å². The summed E-state index contributed by atoms with van der Waals surface area (Å²) in [5.74, 6) is 3.01. The topological polar surface area (TPSA) is 56.1 Å². The van der Waals surface area contributed by atoms with Crippen LogP contribution in [-0.2, 0) is 18.3 Å². The molecule has 1 aliphatic heterocycles. The average molecular weight is 297 g/mol. The van der Waals surface area contributed by atoms with Crippen molar-refractivity contribution in [1.82, 2.24) is 15.1 Å². The maximum Gasteiger partial charge on any atom is 0.341 e. The van der Waals surface area contributed by atoms with Crippen molar-refractivity contribution in [3.8, 4) is 0 Å². The smallest absolute Gasteiger partial charge is 0.341 e. The first-order valence-corrected chi connectivity index (χ1v) is 8.34. The summed E-state index contributed by atoms with van der Waals surface area (Å²) in [5.41, 5.74) is 1.47. The number of ether oxygens (including phenoxy) is 1. The SMILES string of the molecule is CCOC(=O)c1cnn(C)c1CNCC1CCSCC1. The van der Waals surface area contributed by atoms with Crippen LogP contribution >= 0.6 is 11.8 Å². The number of carbonyl (C=O) groups excluding carboxylic acids is 1. The molecule has 112 valence electrons. The van der Waals surface area contributed by atoms with E-state index in [9.17, 15) is 4.79 Å². The van der Waals surface area contributed by atoms with E-state index < -0.39 is 0 Å². The molecule has 2 heterocycles. The van der Waals surface area contributed by atoms with Crippen molar-refractivity contribution in [2.75, 3.05) is 24.7 Å². The van der Waals surface area contributed by atoms with E-state index in [0.29, 0.717) is 18.7 Å². The van der Waals surface area contributed by atoms with Crippen molar-refractivity contribution in [2.24, 2.45) is 13.0 Å². The minimum atomic E-state index is -0.286. The molecule has 1 aromatic heterocycles. The molecular formula is C14H23N3O2S. The van der Waals surface area contributed by atoms with Gasteiger partial charge in [0.1, 0.15) is 5.56 Å². The quantitative estimate of drug-likeness (QED) is 0.812. The predicted molar refractivity (Wildman–Crippen MR) is 80.9 cm³/mol. The molecule has 0 bridgehead atoms. The average Bonchev–Trinajstić information content (AvgIpc) is 2.82. The Bertz CT molecular complexity index is 442. The molecule has 1 saturated heterocycles. The van der Waals surface area contributed by atoms with Gasteiger partial charge >= 0.3 is 5.97 Å². The first kappa shape index (κ1) is 15.4. The van der Waals surface area contributed by atoms with Gasteiger partial charge in [-0.1, -0.05) is 0 Å². The fraction of sp³-hybridized carbons (Fsp3) is 0.714. The van der Waals surface area contributed by atoms with Crippen LogP contribution in [0.5, 0.6) is 0 Å². The molecular weight excluding hydrogens is 274 g/mol. The van der Waals surface area contributed by atoms with Gasteiger partial charge < -0.3 is 10.1 Å². The van der Waals surface area contributed by atoms with Crippen molar-refractivity contribution in [2.45, 2.75) is 26.3 Å². The summed E-state index contributed by atoms with van der Waals surface area (Å²) >= 11 is 2.04. The zero-order valence-electron chi connectivity index (χ0n) is 12.2. The predicted octanol–water partition coefficient (Wildman–Crippen LogP) is 1.83. The molecule has 0 aromatic carbocycles. The first-order chi connectivity index (χ1) is 9.72. The summed E-state index contributed by atoms with van der Waals surface area (Å²) in [5, 5.41) is 7.62. The van der Waals surface area contributed by atoms with E-state index in [1.165, 1.54) is 24.3 Å². The van der Waals surface area contributed by atoms with Crippen LogP contribution in [-0.4, -0.2) is 40.4 Å². The lowest BCUT2D eigenvalue weighted by atomic mass is 10.0. The summed E-state index contributed by atoms with van der Waals surface area (Å²) in [6.07, 6.45) is 4.16. The van der Waals surface area contributed by atoms with Crippen LogP contribution in [0, 0.1) is 5.92 Å². The summed E-state index contributed by atoms with van der Waals surface area (Å²) < 4.78 is 6.80. The maximum absolute atomic E-state index is 11.8. The molecule has 1 fully saturated rings. The van der Waals surface area contributed by atoms with E-state index in [0.717, 1.165) is 18.2 Å². The van der Waals surface area contributed by atoms with Gasteiger partial charge in [0, 0.05) is 13.6 Å². The molecule has 0 aliphatic carbocycles. The van der Waals surface area contributed by atoms with Crippen molar-refractivity contribution in [3.05, 3.63) is 17.5 Å². The Morgan fingerprint density at radius 1 is 1.55 bits per heavy atom. The third kappa shape index (κ3) is 3.99. The zero-order chi connectivity index (χ0) is 14.4. The fourth-order valence-electron chi connectivity index (χ4n) is 2.40. The largest absolute Gasteiger partial charge is 0.462 e. The lowest BCUT2D eigenvalue weighted by Gasteiger charge is -2.21. The highest BCUT2D eigenvalue weighted by molar-refractivity contribution is 7.99. The number of rotatable bonds is 6. The van der Waals surface area contributed by atoms with Crippen LogP contribution < -0.4 is 5.32 Å². The molecule has 20 heavy (non-hydrogen) atoms. The monoisotopic (exact) mass is 297 g/mol. The van der Waals surface area contributed by atoms with E-state index in [1.807, 2.05) is 25.7 Å². The van der Waals surface area contributed by atoms with Gasteiger partial charge in [0.05, 0.1) is 18.5 Å². The Morgan fingerprint density at radius 3 is 3.00 bits per heavy atom. The van der Waals surface area contributed by atoms with Gasteiger partial charge in [-0.3, -0.25) is 4.68 Å². The highest BCUT2D eigenvalue weighted by atomic mass is 32.2. The van der Waals surface area contributed by atoms with Gasteiger partial charge in [-0.25, -0.2) is 4.79 Å². The highest BCUT2D eigenvalue weighted by Crippen LogP contribution is 2.22. The van der Waals surface area contributed by atoms with Gasteiger partial charge in [-0.15, -0.1) is 0 Å². The van der Waals surface area contributed by atoms with Gasteiger partial charge in [0.25, 0.3) is 0 Å². The third-order valence-electron chi connectivity index (χ3n) is 3.62. The number of aromatic nitrogens is 2. The summed E-state index contributed by atoms with van der Waals surface area (Å²) in [7, 11) is 1.86. The second kappa shape index (κ2) is 7.69. The van der Waals surface area contributed by atoms with E-state index in [4.69, 9.17) is 4.74 Å². The number of esters is 1. The Balaban J connectivity index is 1.88. The Kier molecular flexibility index (Phi) is 5.91.